The Labute approximate surface area is 127 Å². The fourth-order valence-electron chi connectivity index (χ4n) is 2.38. The van der Waals surface area contributed by atoms with Crippen LogP contribution in [-0.2, 0) is 9.53 Å². The van der Waals surface area contributed by atoms with E-state index in [4.69, 9.17) is 4.74 Å². The maximum atomic E-state index is 12.1. The molecular weight excluding hydrogens is 284 g/mol. The molecule has 8 nitrogen and oxygen atoms in total. The Morgan fingerprint density at radius 3 is 3.18 bits per heavy atom. The minimum absolute atomic E-state index is 0.0692. The fraction of sp³-hybridized carbons (Fsp3) is 0.429. The lowest BCUT2D eigenvalue weighted by Gasteiger charge is -2.23. The molecule has 1 aliphatic rings. The van der Waals surface area contributed by atoms with Gasteiger partial charge in [-0.2, -0.15) is 0 Å². The highest BCUT2D eigenvalue weighted by molar-refractivity contribution is 5.91. The molecule has 116 valence electrons. The maximum absolute atomic E-state index is 12.1. The molecular formula is C14H18N6O2. The number of aromatic nitrogens is 4. The minimum atomic E-state index is -0.0711. The first kappa shape index (κ1) is 14.6. The van der Waals surface area contributed by atoms with Crippen LogP contribution in [0.15, 0.2) is 24.5 Å². The van der Waals surface area contributed by atoms with E-state index in [-0.39, 0.29) is 12.0 Å². The molecule has 8 heteroatoms. The van der Waals surface area contributed by atoms with Crippen molar-refractivity contribution in [1.29, 1.82) is 0 Å². The van der Waals surface area contributed by atoms with Gasteiger partial charge in [0.25, 0.3) is 0 Å². The second-order valence-electron chi connectivity index (χ2n) is 5.20. The van der Waals surface area contributed by atoms with Crippen molar-refractivity contribution in [3.05, 3.63) is 30.1 Å². The highest BCUT2D eigenvalue weighted by atomic mass is 16.5. The van der Waals surface area contributed by atoms with Crippen molar-refractivity contribution in [2.24, 2.45) is 0 Å². The number of amides is 1. The molecule has 1 aromatic carbocycles. The second kappa shape index (κ2) is 6.63. The molecule has 2 heterocycles. The molecule has 3 rings (SSSR count). The zero-order valence-corrected chi connectivity index (χ0v) is 12.3. The number of carbonyl (C=O) groups is 1. The molecule has 2 N–H and O–H groups in total. The molecule has 0 bridgehead atoms. The van der Waals surface area contributed by atoms with Gasteiger partial charge < -0.3 is 15.4 Å². The number of rotatable bonds is 4. The lowest BCUT2D eigenvalue weighted by molar-refractivity contribution is -0.119. The summed E-state index contributed by atoms with van der Waals surface area (Å²) in [5.41, 5.74) is 2.56. The SMILES string of the molecule is Cc1ccc(NC(=O)CC2CNCCO2)cc1-n1cnnn1. The summed E-state index contributed by atoms with van der Waals surface area (Å²) in [6.07, 6.45) is 1.79. The number of morpholine rings is 1. The Morgan fingerprint density at radius 2 is 2.45 bits per heavy atom. The van der Waals surface area contributed by atoms with E-state index in [0.717, 1.165) is 17.8 Å². The van der Waals surface area contributed by atoms with Gasteiger partial charge in [-0.1, -0.05) is 6.07 Å². The van der Waals surface area contributed by atoms with Crippen molar-refractivity contribution >= 4 is 11.6 Å². The molecule has 0 radical (unpaired) electrons. The summed E-state index contributed by atoms with van der Waals surface area (Å²) >= 11 is 0. The quantitative estimate of drug-likeness (QED) is 0.843. The maximum Gasteiger partial charge on any atom is 0.227 e. The summed E-state index contributed by atoms with van der Waals surface area (Å²) in [6, 6.07) is 5.63. The normalized spacial score (nSPS) is 18.1. The van der Waals surface area contributed by atoms with Crippen molar-refractivity contribution in [2.75, 3.05) is 25.0 Å². The van der Waals surface area contributed by atoms with Crippen molar-refractivity contribution in [3.63, 3.8) is 0 Å². The third-order valence-electron chi connectivity index (χ3n) is 3.51. The van der Waals surface area contributed by atoms with Crippen LogP contribution in [0.2, 0.25) is 0 Å². The van der Waals surface area contributed by atoms with Crippen LogP contribution in [-0.4, -0.2) is 51.9 Å². The minimum Gasteiger partial charge on any atom is -0.375 e. The molecule has 1 amide bonds. The van der Waals surface area contributed by atoms with Gasteiger partial charge in [-0.15, -0.1) is 5.10 Å². The van der Waals surface area contributed by atoms with Crippen molar-refractivity contribution < 1.29 is 9.53 Å². The molecule has 0 aliphatic carbocycles. The van der Waals surface area contributed by atoms with Crippen molar-refractivity contribution in [3.8, 4) is 5.69 Å². The Kier molecular flexibility index (Phi) is 4.40. The van der Waals surface area contributed by atoms with Crippen LogP contribution in [0.5, 0.6) is 0 Å². The number of ether oxygens (including phenoxy) is 1. The lowest BCUT2D eigenvalue weighted by Crippen LogP contribution is -2.40. The molecule has 0 saturated carbocycles. The third-order valence-corrected chi connectivity index (χ3v) is 3.51. The smallest absolute Gasteiger partial charge is 0.227 e. The fourth-order valence-corrected chi connectivity index (χ4v) is 2.38. The number of nitrogens with one attached hydrogen (secondary N) is 2. The van der Waals surface area contributed by atoms with E-state index in [2.05, 4.69) is 26.2 Å². The Balaban J connectivity index is 1.67. The summed E-state index contributed by atoms with van der Waals surface area (Å²) < 4.78 is 7.10. The van der Waals surface area contributed by atoms with E-state index >= 15 is 0 Å². The number of hydrogen-bond acceptors (Lipinski definition) is 6. The van der Waals surface area contributed by atoms with E-state index in [0.29, 0.717) is 25.3 Å². The van der Waals surface area contributed by atoms with Crippen LogP contribution in [0.4, 0.5) is 5.69 Å². The topological polar surface area (TPSA) is 94.0 Å². The number of hydrogen-bond donors (Lipinski definition) is 2. The van der Waals surface area contributed by atoms with Gasteiger partial charge in [-0.3, -0.25) is 4.79 Å². The van der Waals surface area contributed by atoms with Gasteiger partial charge in [0, 0.05) is 18.8 Å². The van der Waals surface area contributed by atoms with E-state index in [1.165, 1.54) is 6.33 Å². The molecule has 1 aromatic heterocycles. The second-order valence-corrected chi connectivity index (χ2v) is 5.20. The van der Waals surface area contributed by atoms with Gasteiger partial charge in [-0.25, -0.2) is 4.68 Å². The van der Waals surface area contributed by atoms with Crippen LogP contribution >= 0.6 is 0 Å². The highest BCUT2D eigenvalue weighted by Gasteiger charge is 2.17. The van der Waals surface area contributed by atoms with Crippen LogP contribution in [0.3, 0.4) is 0 Å². The van der Waals surface area contributed by atoms with Gasteiger partial charge in [0.05, 0.1) is 24.8 Å². The zero-order valence-electron chi connectivity index (χ0n) is 12.3. The van der Waals surface area contributed by atoms with E-state index in [1.807, 2.05) is 25.1 Å². The average Bonchev–Trinajstić information content (AvgIpc) is 3.04. The van der Waals surface area contributed by atoms with Crippen LogP contribution in [0.25, 0.3) is 5.69 Å². The third kappa shape index (κ3) is 3.46. The lowest BCUT2D eigenvalue weighted by atomic mass is 10.1. The summed E-state index contributed by atoms with van der Waals surface area (Å²) in [4.78, 5) is 12.1. The first-order chi connectivity index (χ1) is 10.7. The van der Waals surface area contributed by atoms with Crippen molar-refractivity contribution in [2.45, 2.75) is 19.4 Å². The Morgan fingerprint density at radius 1 is 1.55 bits per heavy atom. The molecule has 1 unspecified atom stereocenters. The molecule has 1 aliphatic heterocycles. The molecule has 2 aromatic rings. The van der Waals surface area contributed by atoms with Crippen LogP contribution < -0.4 is 10.6 Å². The first-order valence-electron chi connectivity index (χ1n) is 7.18. The van der Waals surface area contributed by atoms with Crippen LogP contribution in [0, 0.1) is 6.92 Å². The van der Waals surface area contributed by atoms with Gasteiger partial charge >= 0.3 is 0 Å². The van der Waals surface area contributed by atoms with Gasteiger partial charge in [-0.05, 0) is 35.0 Å². The van der Waals surface area contributed by atoms with Crippen LogP contribution in [0.1, 0.15) is 12.0 Å². The predicted octanol–water partition coefficient (Wildman–Crippen LogP) is 0.288. The zero-order chi connectivity index (χ0) is 15.4. The molecule has 0 spiro atoms. The van der Waals surface area contributed by atoms with Crippen molar-refractivity contribution in [1.82, 2.24) is 25.5 Å². The summed E-state index contributed by atoms with van der Waals surface area (Å²) in [6.45, 7) is 4.15. The summed E-state index contributed by atoms with van der Waals surface area (Å²) in [5, 5.41) is 17.2. The van der Waals surface area contributed by atoms with E-state index in [9.17, 15) is 4.79 Å². The average molecular weight is 302 g/mol. The Bertz CT molecular complexity index is 637. The first-order valence-corrected chi connectivity index (χ1v) is 7.18. The summed E-state index contributed by atoms with van der Waals surface area (Å²) in [7, 11) is 0. The number of nitrogens with zero attached hydrogens (tertiary/aromatic N) is 4. The highest BCUT2D eigenvalue weighted by Crippen LogP contribution is 2.18. The molecule has 22 heavy (non-hydrogen) atoms. The number of tetrazole rings is 1. The standard InChI is InChI=1S/C14H18N6O2/c1-10-2-3-11(6-13(10)20-9-16-18-19-20)17-14(21)7-12-8-15-4-5-22-12/h2-3,6,9,12,15H,4-5,7-8H2,1H3,(H,17,21). The van der Waals surface area contributed by atoms with E-state index in [1.54, 1.807) is 4.68 Å². The van der Waals surface area contributed by atoms with Gasteiger partial charge in [0.1, 0.15) is 6.33 Å². The monoisotopic (exact) mass is 302 g/mol. The Hall–Kier alpha value is -2.32. The number of aryl methyl sites for hydroxylation is 1. The largest absolute Gasteiger partial charge is 0.375 e. The number of carbonyl (C=O) groups excluding carboxylic acids is 1. The van der Waals surface area contributed by atoms with E-state index < -0.39 is 0 Å². The van der Waals surface area contributed by atoms with Gasteiger partial charge in [0.2, 0.25) is 5.91 Å². The molecule has 1 atom stereocenters. The molecule has 1 saturated heterocycles. The number of anilines is 1. The molecule has 1 fully saturated rings. The number of benzene rings is 1. The van der Waals surface area contributed by atoms with Gasteiger partial charge in [0.15, 0.2) is 0 Å². The summed E-state index contributed by atoms with van der Waals surface area (Å²) in [5.74, 6) is -0.0692. The predicted molar refractivity (Wildman–Crippen MR) is 79.7 cm³/mol.